The van der Waals surface area contributed by atoms with Gasteiger partial charge in [0, 0.05) is 37.8 Å². The summed E-state index contributed by atoms with van der Waals surface area (Å²) in [6.07, 6.45) is -2.88. The van der Waals surface area contributed by atoms with E-state index in [0.717, 1.165) is 0 Å². The third-order valence-corrected chi connectivity index (χ3v) is 6.90. The zero-order valence-electron chi connectivity index (χ0n) is 22.7. The molecule has 12 heteroatoms. The molecule has 2 aliphatic heterocycles. The average molecular weight is 554 g/mol. The van der Waals surface area contributed by atoms with Gasteiger partial charge in [0.25, 0.3) is 12.3 Å². The van der Waals surface area contributed by atoms with E-state index in [0.29, 0.717) is 79.2 Å². The van der Waals surface area contributed by atoms with Gasteiger partial charge in [-0.15, -0.1) is 0 Å². The van der Waals surface area contributed by atoms with Crippen molar-refractivity contribution in [2.75, 3.05) is 76.1 Å². The van der Waals surface area contributed by atoms with Crippen LogP contribution < -0.4 is 25.6 Å². The number of halogens is 2. The maximum absolute atomic E-state index is 14.9. The SMILES string of the molecule is COc1cc(-c2cc(N3CCOCC3)nc(C3(C(F)F)Nc4ccccc4N3)n2)ccc1C(=O)NCCN(C)C. The molecule has 2 aromatic carbocycles. The summed E-state index contributed by atoms with van der Waals surface area (Å²) in [5, 5.41) is 8.76. The Morgan fingerprint density at radius 2 is 1.82 bits per heavy atom. The van der Waals surface area contributed by atoms with Gasteiger partial charge in [0.1, 0.15) is 11.6 Å². The highest BCUT2D eigenvalue weighted by molar-refractivity contribution is 5.97. The van der Waals surface area contributed by atoms with E-state index in [1.54, 1.807) is 48.5 Å². The normalized spacial score (nSPS) is 15.9. The number of nitrogens with zero attached hydrogens (tertiary/aromatic N) is 4. The van der Waals surface area contributed by atoms with Crippen LogP contribution in [0.4, 0.5) is 26.0 Å². The number of amides is 1. The highest BCUT2D eigenvalue weighted by Crippen LogP contribution is 2.42. The largest absolute Gasteiger partial charge is 0.496 e. The van der Waals surface area contributed by atoms with Crippen molar-refractivity contribution in [1.82, 2.24) is 20.2 Å². The number of benzene rings is 2. The number of fused-ring (bicyclic) bond motifs is 1. The van der Waals surface area contributed by atoms with Gasteiger partial charge in [-0.25, -0.2) is 18.7 Å². The van der Waals surface area contributed by atoms with Gasteiger partial charge in [0.2, 0.25) is 5.66 Å². The summed E-state index contributed by atoms with van der Waals surface area (Å²) in [6.45, 7) is 3.30. The first-order valence-electron chi connectivity index (χ1n) is 13.1. The number of nitrogens with one attached hydrogen (secondary N) is 3. The van der Waals surface area contributed by atoms with Gasteiger partial charge in [-0.1, -0.05) is 18.2 Å². The Balaban J connectivity index is 1.55. The molecule has 2 aliphatic rings. The zero-order chi connectivity index (χ0) is 28.3. The van der Waals surface area contributed by atoms with Gasteiger partial charge in [-0.2, -0.15) is 0 Å². The first-order valence-corrected chi connectivity index (χ1v) is 13.1. The van der Waals surface area contributed by atoms with Crippen molar-refractivity contribution in [2.24, 2.45) is 0 Å². The van der Waals surface area contributed by atoms with E-state index in [4.69, 9.17) is 9.47 Å². The quantitative estimate of drug-likeness (QED) is 0.369. The minimum absolute atomic E-state index is 0.0952. The summed E-state index contributed by atoms with van der Waals surface area (Å²) in [4.78, 5) is 26.0. The number of anilines is 3. The Morgan fingerprint density at radius 3 is 2.45 bits per heavy atom. The molecule has 0 spiro atoms. The fourth-order valence-electron chi connectivity index (χ4n) is 4.72. The highest BCUT2D eigenvalue weighted by atomic mass is 19.3. The predicted octanol–water partition coefficient (Wildman–Crippen LogP) is 3.24. The Morgan fingerprint density at radius 1 is 1.12 bits per heavy atom. The van der Waals surface area contributed by atoms with Gasteiger partial charge >= 0.3 is 0 Å². The number of ether oxygens (including phenoxy) is 2. The second-order valence-corrected chi connectivity index (χ2v) is 9.91. The molecule has 3 aromatic rings. The topological polar surface area (TPSA) is 104 Å². The zero-order valence-corrected chi connectivity index (χ0v) is 22.7. The van der Waals surface area contributed by atoms with Crippen molar-refractivity contribution in [3.8, 4) is 17.0 Å². The summed E-state index contributed by atoms with van der Waals surface area (Å²) in [5.74, 6) is 0.493. The van der Waals surface area contributed by atoms with Crippen LogP contribution in [0.5, 0.6) is 5.75 Å². The van der Waals surface area contributed by atoms with Gasteiger partial charge < -0.3 is 35.2 Å². The van der Waals surface area contributed by atoms with Crippen molar-refractivity contribution in [3.05, 3.63) is 59.9 Å². The molecule has 5 rings (SSSR count). The lowest BCUT2D eigenvalue weighted by molar-refractivity contribution is 0.0771. The Hall–Kier alpha value is -4.03. The maximum atomic E-state index is 14.9. The van der Waals surface area contributed by atoms with Crippen LogP contribution in [0.25, 0.3) is 11.3 Å². The highest BCUT2D eigenvalue weighted by Gasteiger charge is 2.49. The van der Waals surface area contributed by atoms with Crippen molar-refractivity contribution < 1.29 is 23.0 Å². The molecular weight excluding hydrogens is 520 g/mol. The number of hydrogen-bond acceptors (Lipinski definition) is 9. The fourth-order valence-corrected chi connectivity index (χ4v) is 4.72. The fraction of sp³-hybridized carbons (Fsp3) is 0.393. The smallest absolute Gasteiger partial charge is 0.286 e. The molecule has 1 saturated heterocycles. The third-order valence-electron chi connectivity index (χ3n) is 6.90. The molecule has 1 fully saturated rings. The van der Waals surface area contributed by atoms with E-state index in [1.807, 2.05) is 23.9 Å². The molecule has 0 aliphatic carbocycles. The average Bonchev–Trinajstić information content (AvgIpc) is 3.38. The summed E-state index contributed by atoms with van der Waals surface area (Å²) < 4.78 is 40.8. The molecule has 1 amide bonds. The van der Waals surface area contributed by atoms with E-state index in [9.17, 15) is 13.6 Å². The molecular formula is C28H33F2N7O3. The standard InChI is InChI=1S/C28H33F2N7O3/c1-36(2)11-10-31-25(38)19-9-8-18(16-23(19)39-3)22-17-24(37-12-14-40-15-13-37)33-27(32-22)28(26(29)30)34-20-6-4-5-7-21(20)35-28/h4-9,16-17,26,34-35H,10-15H2,1-3H3,(H,31,38). The van der Waals surface area contributed by atoms with E-state index >= 15 is 0 Å². The second kappa shape index (κ2) is 11.6. The van der Waals surface area contributed by atoms with E-state index in [2.05, 4.69) is 25.9 Å². The lowest BCUT2D eigenvalue weighted by atomic mass is 10.1. The van der Waals surface area contributed by atoms with Crippen LogP contribution in [0.1, 0.15) is 16.2 Å². The molecule has 0 atom stereocenters. The minimum Gasteiger partial charge on any atom is -0.496 e. The maximum Gasteiger partial charge on any atom is 0.286 e. The van der Waals surface area contributed by atoms with Crippen molar-refractivity contribution in [2.45, 2.75) is 12.1 Å². The number of para-hydroxylation sites is 2. The minimum atomic E-state index is -2.88. The Kier molecular flexibility index (Phi) is 7.99. The van der Waals surface area contributed by atoms with E-state index in [-0.39, 0.29) is 11.7 Å². The summed E-state index contributed by atoms with van der Waals surface area (Å²) >= 11 is 0. The number of aromatic nitrogens is 2. The second-order valence-electron chi connectivity index (χ2n) is 9.91. The molecule has 0 bridgehead atoms. The molecule has 0 radical (unpaired) electrons. The van der Waals surface area contributed by atoms with Crippen LogP contribution in [0.15, 0.2) is 48.5 Å². The monoisotopic (exact) mass is 553 g/mol. The summed E-state index contributed by atoms with van der Waals surface area (Å²) in [7, 11) is 5.34. The first-order chi connectivity index (χ1) is 19.3. The molecule has 0 saturated carbocycles. The first kappa shape index (κ1) is 27.5. The predicted molar refractivity (Wildman–Crippen MR) is 149 cm³/mol. The molecule has 40 heavy (non-hydrogen) atoms. The van der Waals surface area contributed by atoms with Crippen LogP contribution in [-0.4, -0.2) is 87.8 Å². The molecule has 1 aromatic heterocycles. The van der Waals surface area contributed by atoms with E-state index < -0.39 is 12.1 Å². The van der Waals surface area contributed by atoms with Crippen LogP contribution in [-0.2, 0) is 10.4 Å². The van der Waals surface area contributed by atoms with Crippen molar-refractivity contribution >= 4 is 23.1 Å². The molecule has 10 nitrogen and oxygen atoms in total. The number of hydrogen-bond donors (Lipinski definition) is 3. The molecule has 3 N–H and O–H groups in total. The van der Waals surface area contributed by atoms with Crippen molar-refractivity contribution in [1.29, 1.82) is 0 Å². The number of likely N-dealkylation sites (N-methyl/N-ethyl adjacent to an activating group) is 1. The lowest BCUT2D eigenvalue weighted by Crippen LogP contribution is -2.48. The number of rotatable bonds is 9. The summed E-state index contributed by atoms with van der Waals surface area (Å²) in [6, 6.07) is 13.8. The van der Waals surface area contributed by atoms with E-state index in [1.165, 1.54) is 7.11 Å². The third kappa shape index (κ3) is 5.50. The number of morpholine rings is 1. The summed E-state index contributed by atoms with van der Waals surface area (Å²) in [5.41, 5.74) is 0.430. The molecule has 3 heterocycles. The van der Waals surface area contributed by atoms with Crippen molar-refractivity contribution in [3.63, 3.8) is 0 Å². The van der Waals surface area contributed by atoms with Crippen LogP contribution in [0, 0.1) is 0 Å². The number of methoxy groups -OCH3 is 1. The lowest BCUT2D eigenvalue weighted by Gasteiger charge is -2.32. The van der Waals surface area contributed by atoms with Gasteiger partial charge in [0.05, 0.1) is 43.0 Å². The number of alkyl halides is 2. The van der Waals surface area contributed by atoms with Crippen LogP contribution in [0.3, 0.4) is 0 Å². The van der Waals surface area contributed by atoms with Crippen LogP contribution >= 0.6 is 0 Å². The Labute approximate surface area is 231 Å². The van der Waals surface area contributed by atoms with Gasteiger partial charge in [-0.3, -0.25) is 4.79 Å². The Bertz CT molecular complexity index is 1340. The number of carbonyl (C=O) groups excluding carboxylic acids is 1. The molecule has 212 valence electrons. The number of carbonyl (C=O) groups is 1. The molecule has 0 unspecified atom stereocenters. The van der Waals surface area contributed by atoms with Gasteiger partial charge in [-0.05, 0) is 38.4 Å². The van der Waals surface area contributed by atoms with Gasteiger partial charge in [0.15, 0.2) is 5.82 Å². The van der Waals surface area contributed by atoms with Crippen LogP contribution in [0.2, 0.25) is 0 Å².